The summed E-state index contributed by atoms with van der Waals surface area (Å²) in [6, 6.07) is 15.5. The first kappa shape index (κ1) is 23.7. The molecule has 2 aromatic carbocycles. The third-order valence-electron chi connectivity index (χ3n) is 4.89. The van der Waals surface area contributed by atoms with Gasteiger partial charge in [0.25, 0.3) is 10.1 Å². The van der Waals surface area contributed by atoms with Crippen molar-refractivity contribution in [1.82, 2.24) is 0 Å². The minimum absolute atomic E-state index is 0.00929. The number of hydrogen-bond donors (Lipinski definition) is 1. The standard InChI is InChI=1S/C22H27NO6S/c1-16(24)20(21(28-2)14-9-17-7-5-4-6-8-17)15-22(25)23-18-10-12-19(13-11-18)30(26,27)29-3/h4-8,10-13,20-21H,9,14-15H2,1-3H3,(H,23,25). The minimum Gasteiger partial charge on any atom is -0.381 e. The number of methoxy groups -OCH3 is 1. The number of benzene rings is 2. The predicted octanol–water partition coefficient (Wildman–Crippen LogP) is 3.20. The van der Waals surface area contributed by atoms with Crippen molar-refractivity contribution in [2.24, 2.45) is 5.92 Å². The van der Waals surface area contributed by atoms with Gasteiger partial charge in [-0.2, -0.15) is 8.42 Å². The van der Waals surface area contributed by atoms with Crippen LogP contribution in [0.1, 0.15) is 25.3 Å². The first-order valence-electron chi connectivity index (χ1n) is 9.54. The molecule has 0 saturated heterocycles. The molecule has 0 spiro atoms. The summed E-state index contributed by atoms with van der Waals surface area (Å²) in [4.78, 5) is 24.7. The number of ketones is 1. The molecule has 2 unspecified atom stereocenters. The van der Waals surface area contributed by atoms with Crippen molar-refractivity contribution in [3.8, 4) is 0 Å². The van der Waals surface area contributed by atoms with E-state index >= 15 is 0 Å². The van der Waals surface area contributed by atoms with Crippen LogP contribution >= 0.6 is 0 Å². The van der Waals surface area contributed by atoms with Gasteiger partial charge in [0.2, 0.25) is 5.91 Å². The molecule has 0 bridgehead atoms. The van der Waals surface area contributed by atoms with Crippen LogP contribution in [0.3, 0.4) is 0 Å². The molecule has 0 radical (unpaired) electrons. The van der Waals surface area contributed by atoms with Crippen LogP contribution in [0, 0.1) is 5.92 Å². The lowest BCUT2D eigenvalue weighted by atomic mass is 9.90. The Bertz CT molecular complexity index is 941. The van der Waals surface area contributed by atoms with Crippen LogP contribution in [0.15, 0.2) is 59.5 Å². The van der Waals surface area contributed by atoms with Gasteiger partial charge in [-0.15, -0.1) is 0 Å². The molecule has 0 aliphatic carbocycles. The topological polar surface area (TPSA) is 98.8 Å². The molecule has 0 heterocycles. The summed E-state index contributed by atoms with van der Waals surface area (Å²) in [7, 11) is -1.17. The fraction of sp³-hybridized carbons (Fsp3) is 0.364. The number of carbonyl (C=O) groups excluding carboxylic acids is 2. The van der Waals surface area contributed by atoms with Crippen LogP contribution in [-0.2, 0) is 35.0 Å². The van der Waals surface area contributed by atoms with E-state index in [1.165, 1.54) is 31.2 Å². The van der Waals surface area contributed by atoms with Crippen LogP contribution in [0.25, 0.3) is 0 Å². The zero-order valence-corrected chi connectivity index (χ0v) is 18.1. The van der Waals surface area contributed by atoms with E-state index in [1.54, 1.807) is 7.11 Å². The average molecular weight is 434 g/mol. The van der Waals surface area contributed by atoms with Gasteiger partial charge in [0.15, 0.2) is 0 Å². The summed E-state index contributed by atoms with van der Waals surface area (Å²) in [5, 5.41) is 2.69. The summed E-state index contributed by atoms with van der Waals surface area (Å²) in [6.45, 7) is 1.46. The van der Waals surface area contributed by atoms with Gasteiger partial charge in [-0.3, -0.25) is 13.8 Å². The van der Waals surface area contributed by atoms with Gasteiger partial charge in [0.05, 0.1) is 24.0 Å². The van der Waals surface area contributed by atoms with Crippen LogP contribution in [0.2, 0.25) is 0 Å². The van der Waals surface area contributed by atoms with Crippen molar-refractivity contribution in [2.45, 2.75) is 37.2 Å². The second-order valence-corrected chi connectivity index (χ2v) is 8.63. The van der Waals surface area contributed by atoms with E-state index in [-0.39, 0.29) is 29.1 Å². The lowest BCUT2D eigenvalue weighted by Gasteiger charge is -2.24. The van der Waals surface area contributed by atoms with Gasteiger partial charge < -0.3 is 10.1 Å². The molecular weight excluding hydrogens is 406 g/mol. The molecular formula is C22H27NO6S. The molecule has 162 valence electrons. The number of Topliss-reactive ketones (excluding diaryl/α,β-unsaturated/α-hetero) is 1. The largest absolute Gasteiger partial charge is 0.381 e. The van der Waals surface area contributed by atoms with Crippen LogP contribution in [-0.4, -0.2) is 40.4 Å². The van der Waals surface area contributed by atoms with E-state index in [4.69, 9.17) is 4.74 Å². The average Bonchev–Trinajstić information content (AvgIpc) is 2.74. The highest BCUT2D eigenvalue weighted by molar-refractivity contribution is 7.86. The van der Waals surface area contributed by atoms with Crippen molar-refractivity contribution in [3.05, 3.63) is 60.2 Å². The molecule has 7 nitrogen and oxygen atoms in total. The smallest absolute Gasteiger partial charge is 0.296 e. The third-order valence-corrected chi connectivity index (χ3v) is 6.17. The fourth-order valence-corrected chi connectivity index (χ4v) is 3.85. The van der Waals surface area contributed by atoms with Crippen molar-refractivity contribution in [1.29, 1.82) is 0 Å². The number of anilines is 1. The van der Waals surface area contributed by atoms with Crippen LogP contribution in [0.5, 0.6) is 0 Å². The number of carbonyl (C=O) groups is 2. The summed E-state index contributed by atoms with van der Waals surface area (Å²) >= 11 is 0. The maximum Gasteiger partial charge on any atom is 0.296 e. The monoisotopic (exact) mass is 433 g/mol. The fourth-order valence-electron chi connectivity index (χ4n) is 3.19. The van der Waals surface area contributed by atoms with Crippen molar-refractivity contribution in [3.63, 3.8) is 0 Å². The molecule has 0 aliphatic rings. The number of amides is 1. The maximum absolute atomic E-state index is 12.5. The van der Waals surface area contributed by atoms with Gasteiger partial charge in [-0.05, 0) is 49.6 Å². The Morgan fingerprint density at radius 3 is 2.17 bits per heavy atom. The van der Waals surface area contributed by atoms with E-state index in [0.717, 1.165) is 19.1 Å². The maximum atomic E-state index is 12.5. The van der Waals surface area contributed by atoms with Gasteiger partial charge in [-0.1, -0.05) is 30.3 Å². The summed E-state index contributed by atoms with van der Waals surface area (Å²) < 4.78 is 33.3. The Kier molecular flexibility index (Phi) is 8.71. The van der Waals surface area contributed by atoms with Crippen molar-refractivity contribution >= 4 is 27.5 Å². The van der Waals surface area contributed by atoms with Gasteiger partial charge in [-0.25, -0.2) is 0 Å². The Morgan fingerprint density at radius 1 is 1.00 bits per heavy atom. The van der Waals surface area contributed by atoms with E-state index in [1.807, 2.05) is 30.3 Å². The second kappa shape index (κ2) is 11.0. The first-order valence-corrected chi connectivity index (χ1v) is 11.0. The van der Waals surface area contributed by atoms with Gasteiger partial charge >= 0.3 is 0 Å². The van der Waals surface area contributed by atoms with Crippen molar-refractivity contribution in [2.75, 3.05) is 19.5 Å². The van der Waals surface area contributed by atoms with Crippen LogP contribution < -0.4 is 5.32 Å². The van der Waals surface area contributed by atoms with E-state index < -0.39 is 16.0 Å². The van der Waals surface area contributed by atoms with Gasteiger partial charge in [0.1, 0.15) is 5.78 Å². The normalized spacial score (nSPS) is 13.4. The molecule has 8 heteroatoms. The SMILES string of the molecule is COC(CCc1ccccc1)C(CC(=O)Nc1ccc(S(=O)(=O)OC)cc1)C(C)=O. The molecule has 2 rings (SSSR count). The quantitative estimate of drug-likeness (QED) is 0.547. The zero-order chi connectivity index (χ0) is 22.1. The van der Waals surface area contributed by atoms with Gasteiger partial charge in [0, 0.05) is 19.2 Å². The summed E-state index contributed by atoms with van der Waals surface area (Å²) in [5.74, 6) is -1.04. The molecule has 0 aromatic heterocycles. The highest BCUT2D eigenvalue weighted by atomic mass is 32.2. The summed E-state index contributed by atoms with van der Waals surface area (Å²) in [5.41, 5.74) is 1.56. The van der Waals surface area contributed by atoms with E-state index in [9.17, 15) is 18.0 Å². The molecule has 0 aliphatic heterocycles. The zero-order valence-electron chi connectivity index (χ0n) is 17.3. The number of hydrogen-bond acceptors (Lipinski definition) is 6. The Balaban J connectivity index is 2.00. The minimum atomic E-state index is -3.79. The molecule has 2 atom stereocenters. The second-order valence-electron chi connectivity index (χ2n) is 6.91. The Morgan fingerprint density at radius 2 is 1.63 bits per heavy atom. The number of rotatable bonds is 11. The first-order chi connectivity index (χ1) is 14.3. The lowest BCUT2D eigenvalue weighted by molar-refractivity contribution is -0.130. The molecule has 1 amide bonds. The number of nitrogens with one attached hydrogen (secondary N) is 1. The molecule has 2 aromatic rings. The van der Waals surface area contributed by atoms with E-state index in [0.29, 0.717) is 12.1 Å². The highest BCUT2D eigenvalue weighted by Gasteiger charge is 2.28. The number of ether oxygens (including phenoxy) is 1. The Hall–Kier alpha value is -2.55. The number of aryl methyl sites for hydroxylation is 1. The molecule has 1 N–H and O–H groups in total. The highest BCUT2D eigenvalue weighted by Crippen LogP contribution is 2.21. The molecule has 0 fully saturated rings. The van der Waals surface area contributed by atoms with E-state index in [2.05, 4.69) is 9.50 Å². The Labute approximate surface area is 177 Å². The third kappa shape index (κ3) is 6.76. The summed E-state index contributed by atoms with van der Waals surface area (Å²) in [6.07, 6.45) is 0.936. The predicted molar refractivity (Wildman–Crippen MR) is 114 cm³/mol. The lowest BCUT2D eigenvalue weighted by Crippen LogP contribution is -2.32. The van der Waals surface area contributed by atoms with Crippen LogP contribution in [0.4, 0.5) is 5.69 Å². The molecule has 30 heavy (non-hydrogen) atoms. The van der Waals surface area contributed by atoms with Crippen molar-refractivity contribution < 1.29 is 26.9 Å². The molecule has 0 saturated carbocycles.